The average molecular weight is 244 g/mol. The maximum Gasteiger partial charge on any atom is 0.415 e. The van der Waals surface area contributed by atoms with Crippen LogP contribution in [-0.4, -0.2) is 59.0 Å². The van der Waals surface area contributed by atoms with Gasteiger partial charge < -0.3 is 20.8 Å². The van der Waals surface area contributed by atoms with Crippen molar-refractivity contribution in [2.45, 2.75) is 18.6 Å². The highest BCUT2D eigenvalue weighted by Crippen LogP contribution is 2.29. The van der Waals surface area contributed by atoms with E-state index in [0.29, 0.717) is 11.8 Å². The molecule has 0 radical (unpaired) electrons. The van der Waals surface area contributed by atoms with Crippen molar-refractivity contribution in [2.75, 3.05) is 26.3 Å². The number of rotatable bonds is 5. The molecule has 0 aliphatic heterocycles. The van der Waals surface area contributed by atoms with E-state index in [1.807, 2.05) is 0 Å². The first-order chi connectivity index (χ1) is 7.18. The molecule has 0 spiro atoms. The van der Waals surface area contributed by atoms with E-state index in [9.17, 15) is 18.0 Å². The molecule has 8 heteroatoms. The number of carbonyl (C=O) groups is 1. The summed E-state index contributed by atoms with van der Waals surface area (Å²) in [7, 11) is 0. The summed E-state index contributed by atoms with van der Waals surface area (Å²) in [5.74, 6) is -1.37. The Hall–Kier alpha value is -0.860. The third kappa shape index (κ3) is 3.32. The molecule has 0 rings (SSSR count). The van der Waals surface area contributed by atoms with E-state index in [1.165, 1.54) is 0 Å². The van der Waals surface area contributed by atoms with Gasteiger partial charge in [-0.15, -0.1) is 0 Å². The quantitative estimate of drug-likeness (QED) is 0.583. The summed E-state index contributed by atoms with van der Waals surface area (Å²) in [6.07, 6.45) is -4.88. The molecule has 5 nitrogen and oxygen atoms in total. The number of hydrogen-bond donors (Lipinski definition) is 3. The maximum atomic E-state index is 12.4. The van der Waals surface area contributed by atoms with Crippen molar-refractivity contribution in [3.63, 3.8) is 0 Å². The van der Waals surface area contributed by atoms with Crippen LogP contribution in [-0.2, 0) is 4.79 Å². The number of aliphatic hydroxyl groups is 2. The van der Waals surface area contributed by atoms with Gasteiger partial charge in [-0.25, -0.2) is 0 Å². The summed E-state index contributed by atoms with van der Waals surface area (Å²) in [6.45, 7) is -1.05. The molecule has 1 atom stereocenters. The lowest BCUT2D eigenvalue weighted by Gasteiger charge is -2.32. The fraction of sp³-hybridized carbons (Fsp3) is 0.875. The van der Waals surface area contributed by atoms with Crippen molar-refractivity contribution in [3.05, 3.63) is 0 Å². The van der Waals surface area contributed by atoms with Crippen molar-refractivity contribution in [1.29, 1.82) is 0 Å². The number of hydrogen-bond acceptors (Lipinski definition) is 4. The van der Waals surface area contributed by atoms with Crippen molar-refractivity contribution >= 4 is 5.91 Å². The average Bonchev–Trinajstić information content (AvgIpc) is 2.14. The molecule has 1 amide bonds. The number of alkyl halides is 3. The summed E-state index contributed by atoms with van der Waals surface area (Å²) in [5.41, 5.74) is 1.90. The second-order valence-electron chi connectivity index (χ2n) is 3.44. The van der Waals surface area contributed by atoms with E-state index in [1.54, 1.807) is 0 Å². The summed E-state index contributed by atoms with van der Waals surface area (Å²) in [5, 5.41) is 17.2. The molecule has 0 bridgehead atoms. The van der Waals surface area contributed by atoms with Crippen LogP contribution in [0.5, 0.6) is 0 Å². The number of halogens is 3. The smallest absolute Gasteiger partial charge is 0.395 e. The van der Waals surface area contributed by atoms with E-state index >= 15 is 0 Å². The molecule has 4 N–H and O–H groups in total. The minimum atomic E-state index is -4.88. The lowest BCUT2D eigenvalue weighted by atomic mass is 10.0. The van der Waals surface area contributed by atoms with Crippen molar-refractivity contribution in [1.82, 2.24) is 4.90 Å². The second-order valence-corrected chi connectivity index (χ2v) is 3.44. The van der Waals surface area contributed by atoms with Crippen LogP contribution in [0, 0.1) is 0 Å². The summed E-state index contributed by atoms with van der Waals surface area (Å²) in [4.78, 5) is 12.1. The Kier molecular flexibility index (Phi) is 5.17. The predicted molar refractivity (Wildman–Crippen MR) is 49.4 cm³/mol. The zero-order valence-corrected chi connectivity index (χ0v) is 8.79. The van der Waals surface area contributed by atoms with Gasteiger partial charge in [0.2, 0.25) is 0 Å². The Labute approximate surface area is 90.6 Å². The van der Waals surface area contributed by atoms with Crippen molar-refractivity contribution in [3.8, 4) is 0 Å². The van der Waals surface area contributed by atoms with E-state index in [4.69, 9.17) is 15.9 Å². The zero-order chi connectivity index (χ0) is 13.0. The first-order valence-electron chi connectivity index (χ1n) is 4.55. The third-order valence-corrected chi connectivity index (χ3v) is 2.06. The van der Waals surface area contributed by atoms with Crippen LogP contribution in [0.4, 0.5) is 13.2 Å². The van der Waals surface area contributed by atoms with Crippen LogP contribution in [0.2, 0.25) is 0 Å². The number of carbonyl (C=O) groups excluding carboxylic acids is 1. The highest BCUT2D eigenvalue weighted by molar-refractivity contribution is 5.86. The number of nitrogens with zero attached hydrogens (tertiary/aromatic N) is 1. The van der Waals surface area contributed by atoms with Crippen LogP contribution < -0.4 is 5.73 Å². The van der Waals surface area contributed by atoms with Gasteiger partial charge in [0.25, 0.3) is 5.91 Å². The van der Waals surface area contributed by atoms with Gasteiger partial charge in [-0.2, -0.15) is 13.2 Å². The van der Waals surface area contributed by atoms with Gasteiger partial charge in [0.05, 0.1) is 13.2 Å². The van der Waals surface area contributed by atoms with Gasteiger partial charge in [0, 0.05) is 13.1 Å². The van der Waals surface area contributed by atoms with Crippen molar-refractivity contribution in [2.24, 2.45) is 5.73 Å². The zero-order valence-electron chi connectivity index (χ0n) is 8.79. The van der Waals surface area contributed by atoms with Gasteiger partial charge >= 0.3 is 6.18 Å². The van der Waals surface area contributed by atoms with E-state index in [0.717, 1.165) is 0 Å². The van der Waals surface area contributed by atoms with Crippen LogP contribution in [0.3, 0.4) is 0 Å². The van der Waals surface area contributed by atoms with Crippen LogP contribution in [0.1, 0.15) is 6.92 Å². The Balaban J connectivity index is 4.85. The third-order valence-electron chi connectivity index (χ3n) is 2.06. The lowest BCUT2D eigenvalue weighted by molar-refractivity contribution is -0.194. The molecular weight excluding hydrogens is 229 g/mol. The Morgan fingerprint density at radius 2 is 1.62 bits per heavy atom. The molecule has 0 saturated carbocycles. The monoisotopic (exact) mass is 244 g/mol. The minimum absolute atomic E-state index is 0.303. The lowest BCUT2D eigenvalue weighted by Crippen LogP contribution is -2.62. The molecule has 16 heavy (non-hydrogen) atoms. The second kappa shape index (κ2) is 5.46. The Morgan fingerprint density at radius 1 is 1.25 bits per heavy atom. The molecule has 96 valence electrons. The number of aliphatic hydroxyl groups excluding tert-OH is 2. The molecule has 0 aromatic carbocycles. The molecule has 0 aromatic rings. The molecule has 1 unspecified atom stereocenters. The van der Waals surface area contributed by atoms with Gasteiger partial charge in [-0.3, -0.25) is 4.79 Å². The van der Waals surface area contributed by atoms with Crippen molar-refractivity contribution < 1.29 is 28.2 Å². The first kappa shape index (κ1) is 15.1. The van der Waals surface area contributed by atoms with Gasteiger partial charge in [0.1, 0.15) is 0 Å². The molecule has 0 heterocycles. The molecule has 0 saturated heterocycles. The standard InChI is InChI=1S/C8H15F3N2O3/c1-7(12,8(9,10)11)6(16)13(2-4-14)3-5-15/h14-15H,2-5,12H2,1H3. The molecular formula is C8H15F3N2O3. The number of nitrogens with two attached hydrogens (primary N) is 1. The predicted octanol–water partition coefficient (Wildman–Crippen LogP) is -0.921. The maximum absolute atomic E-state index is 12.4. The van der Waals surface area contributed by atoms with Gasteiger partial charge in [-0.1, -0.05) is 0 Å². The normalized spacial score (nSPS) is 15.7. The summed E-state index contributed by atoms with van der Waals surface area (Å²) >= 11 is 0. The minimum Gasteiger partial charge on any atom is -0.395 e. The Bertz CT molecular complexity index is 237. The van der Waals surface area contributed by atoms with Gasteiger partial charge in [0.15, 0.2) is 5.54 Å². The van der Waals surface area contributed by atoms with Crippen LogP contribution in [0.25, 0.3) is 0 Å². The number of amides is 1. The molecule has 0 aliphatic carbocycles. The van der Waals surface area contributed by atoms with E-state index < -0.39 is 30.8 Å². The van der Waals surface area contributed by atoms with Crippen LogP contribution >= 0.6 is 0 Å². The topological polar surface area (TPSA) is 86.8 Å². The van der Waals surface area contributed by atoms with E-state index in [-0.39, 0.29) is 13.1 Å². The first-order valence-corrected chi connectivity index (χ1v) is 4.55. The molecule has 0 fully saturated rings. The highest BCUT2D eigenvalue weighted by atomic mass is 19.4. The highest BCUT2D eigenvalue weighted by Gasteiger charge is 2.55. The summed E-state index contributed by atoms with van der Waals surface area (Å²) in [6, 6.07) is 0. The largest absolute Gasteiger partial charge is 0.415 e. The SMILES string of the molecule is CC(N)(C(=O)N(CCO)CCO)C(F)(F)F. The Morgan fingerprint density at radius 3 is 1.88 bits per heavy atom. The van der Waals surface area contributed by atoms with E-state index in [2.05, 4.69) is 0 Å². The van der Waals surface area contributed by atoms with Gasteiger partial charge in [-0.05, 0) is 6.92 Å². The van der Waals surface area contributed by atoms with Crippen LogP contribution in [0.15, 0.2) is 0 Å². The fourth-order valence-corrected chi connectivity index (χ4v) is 1.01. The molecule has 0 aromatic heterocycles. The summed E-state index contributed by atoms with van der Waals surface area (Å²) < 4.78 is 37.3. The fourth-order valence-electron chi connectivity index (χ4n) is 1.01. The molecule has 0 aliphatic rings.